The molecule has 2 unspecified atom stereocenters. The number of hydrogen-bond donors (Lipinski definition) is 0. The lowest BCUT2D eigenvalue weighted by Gasteiger charge is -1.89. The Morgan fingerprint density at radius 2 is 1.57 bits per heavy atom. The van der Waals surface area contributed by atoms with E-state index >= 15 is 0 Å². The Kier molecular flexibility index (Phi) is 0.763. The normalized spacial score (nSPS) is 59.9. The lowest BCUT2D eigenvalue weighted by atomic mass is 9.96. The standard InChI is InChI=1S/C5H8BF/c1-3-4(2)5(3,6)7/h3-4H,1-2H3. The molecule has 0 aromatic rings. The minimum absolute atomic E-state index is 0.0764. The van der Waals surface area contributed by atoms with Gasteiger partial charge in [0.25, 0.3) is 0 Å². The van der Waals surface area contributed by atoms with E-state index in [4.69, 9.17) is 7.85 Å². The molecule has 1 fully saturated rings. The summed E-state index contributed by atoms with van der Waals surface area (Å²) in [7, 11) is 5.09. The smallest absolute Gasteiger partial charge is 0.122 e. The lowest BCUT2D eigenvalue weighted by Crippen LogP contribution is -2.01. The molecule has 1 rings (SSSR count). The van der Waals surface area contributed by atoms with Gasteiger partial charge in [-0.05, 0) is 11.8 Å². The average molecular weight is 97.9 g/mol. The van der Waals surface area contributed by atoms with Crippen LogP contribution in [0.5, 0.6) is 0 Å². The molecule has 2 radical (unpaired) electrons. The zero-order valence-corrected chi connectivity index (χ0v) is 4.61. The first-order chi connectivity index (χ1) is 3.07. The Morgan fingerprint density at radius 3 is 1.57 bits per heavy atom. The molecule has 38 valence electrons. The van der Waals surface area contributed by atoms with Crippen LogP contribution in [0.1, 0.15) is 13.8 Å². The third-order valence-corrected chi connectivity index (χ3v) is 2.04. The summed E-state index contributed by atoms with van der Waals surface area (Å²) in [5, 5.41) is 0. The van der Waals surface area contributed by atoms with E-state index in [-0.39, 0.29) is 11.8 Å². The molecule has 0 nitrogen and oxygen atoms in total. The van der Waals surface area contributed by atoms with Gasteiger partial charge in [0.15, 0.2) is 0 Å². The van der Waals surface area contributed by atoms with E-state index < -0.39 is 5.57 Å². The van der Waals surface area contributed by atoms with Crippen molar-refractivity contribution in [2.24, 2.45) is 11.8 Å². The summed E-state index contributed by atoms with van der Waals surface area (Å²) in [5.41, 5.74) is -1.33. The van der Waals surface area contributed by atoms with Gasteiger partial charge in [-0.2, -0.15) is 0 Å². The highest BCUT2D eigenvalue weighted by Crippen LogP contribution is 2.50. The fraction of sp³-hybridized carbons (Fsp3) is 1.00. The van der Waals surface area contributed by atoms with Gasteiger partial charge in [-0.15, -0.1) is 0 Å². The number of alkyl halides is 1. The predicted octanol–water partition coefficient (Wildman–Crippen LogP) is 1.11. The zero-order valence-electron chi connectivity index (χ0n) is 4.61. The van der Waals surface area contributed by atoms with Gasteiger partial charge >= 0.3 is 0 Å². The Hall–Kier alpha value is -0.00506. The van der Waals surface area contributed by atoms with Crippen LogP contribution < -0.4 is 0 Å². The minimum Gasteiger partial charge on any atom is -0.254 e. The molecule has 0 aromatic carbocycles. The Labute approximate surface area is 44.5 Å². The van der Waals surface area contributed by atoms with Crippen LogP contribution in [0, 0.1) is 11.8 Å². The van der Waals surface area contributed by atoms with Crippen LogP contribution >= 0.6 is 0 Å². The van der Waals surface area contributed by atoms with Gasteiger partial charge in [0.1, 0.15) is 7.85 Å². The van der Waals surface area contributed by atoms with Gasteiger partial charge in [-0.3, -0.25) is 4.39 Å². The van der Waals surface area contributed by atoms with Gasteiger partial charge in [0.2, 0.25) is 0 Å². The molecular formula is C5H8BF. The first-order valence-electron chi connectivity index (χ1n) is 2.54. The molecule has 7 heavy (non-hydrogen) atoms. The van der Waals surface area contributed by atoms with Crippen LogP contribution in [0.15, 0.2) is 0 Å². The largest absolute Gasteiger partial charge is 0.254 e. The van der Waals surface area contributed by atoms with E-state index in [0.717, 1.165) is 0 Å². The molecule has 1 saturated carbocycles. The molecule has 0 saturated heterocycles. The number of halogens is 1. The highest BCUT2D eigenvalue weighted by molar-refractivity contribution is 6.17. The summed E-state index contributed by atoms with van der Waals surface area (Å²) in [4.78, 5) is 0. The van der Waals surface area contributed by atoms with Crippen LogP contribution in [-0.4, -0.2) is 13.4 Å². The maximum absolute atomic E-state index is 12.4. The second-order valence-corrected chi connectivity index (χ2v) is 2.40. The maximum Gasteiger partial charge on any atom is 0.122 e. The SMILES string of the molecule is [B]C1(F)C(C)C1C. The van der Waals surface area contributed by atoms with Gasteiger partial charge in [0.05, 0.1) is 5.57 Å². The third-order valence-electron chi connectivity index (χ3n) is 2.04. The summed E-state index contributed by atoms with van der Waals surface area (Å²) < 4.78 is 12.4. The van der Waals surface area contributed by atoms with Crippen LogP contribution in [-0.2, 0) is 0 Å². The first-order valence-corrected chi connectivity index (χ1v) is 2.54. The van der Waals surface area contributed by atoms with Gasteiger partial charge < -0.3 is 0 Å². The number of rotatable bonds is 0. The number of hydrogen-bond acceptors (Lipinski definition) is 0. The average Bonchev–Trinajstić information content (AvgIpc) is 1.91. The maximum atomic E-state index is 12.4. The Bertz CT molecular complexity index is 80.1. The fourth-order valence-corrected chi connectivity index (χ4v) is 0.757. The Balaban J connectivity index is 2.52. The van der Waals surface area contributed by atoms with Crippen molar-refractivity contribution in [3.05, 3.63) is 0 Å². The quantitative estimate of drug-likeness (QED) is 0.398. The van der Waals surface area contributed by atoms with E-state index in [2.05, 4.69) is 0 Å². The van der Waals surface area contributed by atoms with Crippen molar-refractivity contribution >= 4 is 7.85 Å². The van der Waals surface area contributed by atoms with Crippen LogP contribution in [0.25, 0.3) is 0 Å². The van der Waals surface area contributed by atoms with E-state index in [1.54, 1.807) is 0 Å². The van der Waals surface area contributed by atoms with Crippen molar-refractivity contribution in [1.29, 1.82) is 0 Å². The highest BCUT2D eigenvalue weighted by Gasteiger charge is 2.55. The van der Waals surface area contributed by atoms with E-state index in [1.165, 1.54) is 0 Å². The van der Waals surface area contributed by atoms with Crippen molar-refractivity contribution in [2.45, 2.75) is 19.4 Å². The molecule has 0 N–H and O–H groups in total. The molecule has 0 heterocycles. The summed E-state index contributed by atoms with van der Waals surface area (Å²) >= 11 is 0. The molecule has 1 aliphatic carbocycles. The van der Waals surface area contributed by atoms with Crippen molar-refractivity contribution in [2.75, 3.05) is 0 Å². The monoisotopic (exact) mass is 98.1 g/mol. The summed E-state index contributed by atoms with van der Waals surface area (Å²) in [6.45, 7) is 3.65. The molecule has 0 aliphatic heterocycles. The van der Waals surface area contributed by atoms with Crippen LogP contribution in [0.3, 0.4) is 0 Å². The fourth-order valence-electron chi connectivity index (χ4n) is 0.757. The molecule has 0 bridgehead atoms. The molecular weight excluding hydrogens is 89.9 g/mol. The first kappa shape index (κ1) is 5.14. The molecule has 0 aromatic heterocycles. The lowest BCUT2D eigenvalue weighted by molar-refractivity contribution is 0.386. The highest BCUT2D eigenvalue weighted by atomic mass is 19.1. The van der Waals surface area contributed by atoms with E-state index in [1.807, 2.05) is 13.8 Å². The predicted molar refractivity (Wildman–Crippen MR) is 27.9 cm³/mol. The second-order valence-electron chi connectivity index (χ2n) is 2.40. The van der Waals surface area contributed by atoms with Crippen LogP contribution in [0.2, 0.25) is 0 Å². The Morgan fingerprint density at radius 1 is 1.43 bits per heavy atom. The van der Waals surface area contributed by atoms with E-state index in [9.17, 15) is 4.39 Å². The van der Waals surface area contributed by atoms with Gasteiger partial charge in [-0.25, -0.2) is 0 Å². The summed E-state index contributed by atoms with van der Waals surface area (Å²) in [5.74, 6) is 0.153. The van der Waals surface area contributed by atoms with E-state index in [0.29, 0.717) is 0 Å². The van der Waals surface area contributed by atoms with Gasteiger partial charge in [-0.1, -0.05) is 13.8 Å². The van der Waals surface area contributed by atoms with Crippen molar-refractivity contribution in [3.8, 4) is 0 Å². The minimum atomic E-state index is -1.33. The van der Waals surface area contributed by atoms with Gasteiger partial charge in [0, 0.05) is 0 Å². The third kappa shape index (κ3) is 0.488. The molecule has 2 heteroatoms. The van der Waals surface area contributed by atoms with Crippen LogP contribution in [0.4, 0.5) is 4.39 Å². The van der Waals surface area contributed by atoms with Crippen molar-refractivity contribution in [1.82, 2.24) is 0 Å². The second kappa shape index (κ2) is 1.04. The summed E-state index contributed by atoms with van der Waals surface area (Å²) in [6, 6.07) is 0. The zero-order chi connectivity index (χ0) is 5.65. The molecule has 2 atom stereocenters. The van der Waals surface area contributed by atoms with Crippen molar-refractivity contribution in [3.63, 3.8) is 0 Å². The van der Waals surface area contributed by atoms with Crippen molar-refractivity contribution < 1.29 is 4.39 Å². The molecule has 0 amide bonds. The summed E-state index contributed by atoms with van der Waals surface area (Å²) in [6.07, 6.45) is 0. The molecule has 1 aliphatic rings. The topological polar surface area (TPSA) is 0 Å². The molecule has 0 spiro atoms.